The van der Waals surface area contributed by atoms with Gasteiger partial charge in [0.05, 0.1) is 12.0 Å². The zero-order chi connectivity index (χ0) is 22.6. The number of carbonyl (C=O) groups is 1. The molecule has 2 atom stereocenters. The zero-order valence-corrected chi connectivity index (χ0v) is 18.8. The predicted molar refractivity (Wildman–Crippen MR) is 113 cm³/mol. The van der Waals surface area contributed by atoms with Crippen LogP contribution in [-0.2, 0) is 26.0 Å². The van der Waals surface area contributed by atoms with Crippen molar-refractivity contribution in [3.8, 4) is 0 Å². The summed E-state index contributed by atoms with van der Waals surface area (Å²) >= 11 is 5.95. The van der Waals surface area contributed by atoms with Gasteiger partial charge in [-0.2, -0.15) is 4.72 Å². The fourth-order valence-corrected chi connectivity index (χ4v) is 5.08. The van der Waals surface area contributed by atoms with Crippen molar-refractivity contribution in [2.75, 3.05) is 13.7 Å². The van der Waals surface area contributed by atoms with Crippen molar-refractivity contribution in [2.24, 2.45) is 0 Å². The number of hydrogen-bond acceptors (Lipinski definition) is 5. The summed E-state index contributed by atoms with van der Waals surface area (Å²) in [7, 11) is -3.08. The highest BCUT2D eigenvalue weighted by molar-refractivity contribution is 7.89. The average Bonchev–Trinajstić information content (AvgIpc) is 2.68. The van der Waals surface area contributed by atoms with E-state index in [2.05, 4.69) is 4.72 Å². The van der Waals surface area contributed by atoms with E-state index in [-0.39, 0.29) is 23.5 Å². The van der Waals surface area contributed by atoms with Crippen molar-refractivity contribution < 1.29 is 27.4 Å². The molecule has 0 saturated heterocycles. The van der Waals surface area contributed by atoms with E-state index in [1.165, 1.54) is 24.3 Å². The van der Waals surface area contributed by atoms with Crippen molar-refractivity contribution in [1.29, 1.82) is 0 Å². The lowest BCUT2D eigenvalue weighted by Crippen LogP contribution is -2.45. The molecule has 6 nitrogen and oxygen atoms in total. The lowest BCUT2D eigenvalue weighted by atomic mass is 9.88. The Morgan fingerprint density at radius 1 is 1.27 bits per heavy atom. The second kappa shape index (κ2) is 9.87. The van der Waals surface area contributed by atoms with Crippen LogP contribution >= 0.6 is 11.6 Å². The Hall–Kier alpha value is -2.00. The second-order valence-corrected chi connectivity index (χ2v) is 9.16. The fourth-order valence-electron chi connectivity index (χ4n) is 3.37. The SMILES string of the molecule is COC(=O)C(NS(=O)(=O)c1ccc(Cl)cc1CCO)C(C)c1c(F)ccc(C)c1C. The Morgan fingerprint density at radius 3 is 2.53 bits per heavy atom. The first kappa shape index (κ1) is 24.3. The van der Waals surface area contributed by atoms with E-state index in [1.807, 2.05) is 0 Å². The van der Waals surface area contributed by atoms with E-state index < -0.39 is 33.8 Å². The van der Waals surface area contributed by atoms with Gasteiger partial charge in [-0.3, -0.25) is 4.79 Å². The Morgan fingerprint density at radius 2 is 1.93 bits per heavy atom. The molecule has 0 fully saturated rings. The fraction of sp³-hybridized carbons (Fsp3) is 0.381. The first-order chi connectivity index (χ1) is 14.0. The molecule has 2 rings (SSSR count). The molecule has 0 aliphatic carbocycles. The van der Waals surface area contributed by atoms with Gasteiger partial charge in [-0.15, -0.1) is 0 Å². The lowest BCUT2D eigenvalue weighted by Gasteiger charge is -2.26. The van der Waals surface area contributed by atoms with Gasteiger partial charge in [0.15, 0.2) is 0 Å². The van der Waals surface area contributed by atoms with E-state index in [1.54, 1.807) is 26.8 Å². The smallest absolute Gasteiger partial charge is 0.324 e. The number of rotatable bonds is 8. The number of aryl methyl sites for hydroxylation is 1. The highest BCUT2D eigenvalue weighted by Gasteiger charge is 2.35. The van der Waals surface area contributed by atoms with Gasteiger partial charge in [-0.05, 0) is 66.8 Å². The van der Waals surface area contributed by atoms with E-state index in [4.69, 9.17) is 16.3 Å². The summed E-state index contributed by atoms with van der Waals surface area (Å²) in [6, 6.07) is 5.67. The van der Waals surface area contributed by atoms with Gasteiger partial charge in [0.25, 0.3) is 0 Å². The van der Waals surface area contributed by atoms with Crippen molar-refractivity contribution in [1.82, 2.24) is 4.72 Å². The van der Waals surface area contributed by atoms with Gasteiger partial charge in [0.2, 0.25) is 10.0 Å². The topological polar surface area (TPSA) is 92.7 Å². The lowest BCUT2D eigenvalue weighted by molar-refractivity contribution is -0.143. The molecular weight excluding hydrogens is 433 g/mol. The zero-order valence-electron chi connectivity index (χ0n) is 17.2. The van der Waals surface area contributed by atoms with E-state index in [0.717, 1.165) is 12.7 Å². The summed E-state index contributed by atoms with van der Waals surface area (Å²) in [5.41, 5.74) is 1.97. The van der Waals surface area contributed by atoms with E-state index >= 15 is 0 Å². The molecule has 9 heteroatoms. The highest BCUT2D eigenvalue weighted by atomic mass is 35.5. The van der Waals surface area contributed by atoms with Gasteiger partial charge in [0, 0.05) is 17.5 Å². The number of hydrogen-bond donors (Lipinski definition) is 2. The summed E-state index contributed by atoms with van der Waals surface area (Å²) in [4.78, 5) is 12.4. The minimum atomic E-state index is -4.22. The number of aliphatic hydroxyl groups excluding tert-OH is 1. The maximum Gasteiger partial charge on any atom is 0.324 e. The average molecular weight is 458 g/mol. The number of halogens is 2. The Labute approximate surface area is 181 Å². The first-order valence-corrected chi connectivity index (χ1v) is 11.1. The highest BCUT2D eigenvalue weighted by Crippen LogP contribution is 2.30. The molecule has 30 heavy (non-hydrogen) atoms. The number of sulfonamides is 1. The van der Waals surface area contributed by atoms with Crippen LogP contribution in [0.2, 0.25) is 5.02 Å². The summed E-state index contributed by atoms with van der Waals surface area (Å²) in [5, 5.41) is 9.57. The molecule has 0 aliphatic rings. The second-order valence-electron chi connectivity index (χ2n) is 7.04. The summed E-state index contributed by atoms with van der Waals surface area (Å²) in [5.74, 6) is -2.23. The standard InChI is InChI=1S/C21H25ClFNO5S/c1-12-5-7-17(23)19(13(12)2)14(3)20(21(26)29-4)24-30(27,28)18-8-6-16(22)11-15(18)9-10-25/h5-8,11,14,20,24-25H,9-10H2,1-4H3. The number of carbonyl (C=O) groups excluding carboxylic acids is 1. The molecule has 0 spiro atoms. The number of aliphatic hydroxyl groups is 1. The van der Waals surface area contributed by atoms with Crippen LogP contribution in [-0.4, -0.2) is 39.3 Å². The van der Waals surface area contributed by atoms with Gasteiger partial charge < -0.3 is 9.84 Å². The Bertz CT molecular complexity index is 1040. The van der Waals surface area contributed by atoms with Gasteiger partial charge >= 0.3 is 5.97 Å². The van der Waals surface area contributed by atoms with Crippen LogP contribution in [0.5, 0.6) is 0 Å². The largest absolute Gasteiger partial charge is 0.468 e. The molecule has 2 aromatic carbocycles. The molecule has 0 amide bonds. The summed E-state index contributed by atoms with van der Waals surface area (Å²) in [6.45, 7) is 4.79. The van der Waals surface area contributed by atoms with E-state index in [0.29, 0.717) is 16.1 Å². The number of esters is 1. The maximum atomic E-state index is 14.6. The molecule has 2 N–H and O–H groups in total. The third kappa shape index (κ3) is 5.18. The number of methoxy groups -OCH3 is 1. The quantitative estimate of drug-likeness (QED) is 0.593. The maximum absolute atomic E-state index is 14.6. The first-order valence-electron chi connectivity index (χ1n) is 9.28. The molecule has 0 heterocycles. The van der Waals surface area contributed by atoms with Gasteiger partial charge in [-0.25, -0.2) is 12.8 Å². The van der Waals surface area contributed by atoms with Crippen LogP contribution in [0.15, 0.2) is 35.2 Å². The van der Waals surface area contributed by atoms with Crippen LogP contribution in [0, 0.1) is 19.7 Å². The van der Waals surface area contributed by atoms with Crippen LogP contribution < -0.4 is 4.72 Å². The van der Waals surface area contributed by atoms with Crippen LogP contribution in [0.25, 0.3) is 0 Å². The molecular formula is C21H25ClFNO5S. The molecule has 0 aromatic heterocycles. The predicted octanol–water partition coefficient (Wildman–Crippen LogP) is 3.25. The van der Waals surface area contributed by atoms with Gasteiger partial charge in [0.1, 0.15) is 11.9 Å². The van der Waals surface area contributed by atoms with Gasteiger partial charge in [-0.1, -0.05) is 24.6 Å². The van der Waals surface area contributed by atoms with Crippen molar-refractivity contribution in [3.05, 3.63) is 63.4 Å². The normalized spacial score (nSPS) is 13.7. The van der Waals surface area contributed by atoms with Crippen LogP contribution in [0.1, 0.15) is 35.1 Å². The number of nitrogens with one attached hydrogen (secondary N) is 1. The molecule has 0 radical (unpaired) electrons. The number of ether oxygens (including phenoxy) is 1. The van der Waals surface area contributed by atoms with Crippen LogP contribution in [0.4, 0.5) is 4.39 Å². The molecule has 2 unspecified atom stereocenters. The Kier molecular flexibility index (Phi) is 7.99. The third-order valence-electron chi connectivity index (χ3n) is 5.12. The minimum Gasteiger partial charge on any atom is -0.468 e. The van der Waals surface area contributed by atoms with Crippen molar-refractivity contribution >= 4 is 27.6 Å². The molecule has 2 aromatic rings. The molecule has 0 aliphatic heterocycles. The molecule has 0 saturated carbocycles. The third-order valence-corrected chi connectivity index (χ3v) is 6.89. The Balaban J connectivity index is 2.52. The van der Waals surface area contributed by atoms with Crippen molar-refractivity contribution in [2.45, 2.75) is 44.0 Å². The molecule has 0 bridgehead atoms. The minimum absolute atomic E-state index is 0.0564. The number of benzene rings is 2. The van der Waals surface area contributed by atoms with Crippen molar-refractivity contribution in [3.63, 3.8) is 0 Å². The van der Waals surface area contributed by atoms with E-state index in [9.17, 15) is 22.7 Å². The van der Waals surface area contributed by atoms with Crippen LogP contribution in [0.3, 0.4) is 0 Å². The summed E-state index contributed by atoms with van der Waals surface area (Å²) in [6.07, 6.45) is 0.0564. The molecule has 164 valence electrons. The summed E-state index contributed by atoms with van der Waals surface area (Å²) < 4.78 is 48.0. The monoisotopic (exact) mass is 457 g/mol.